The minimum absolute atomic E-state index is 0.680. The van der Waals surface area contributed by atoms with E-state index in [0.717, 1.165) is 25.5 Å². The molecule has 1 saturated heterocycles. The summed E-state index contributed by atoms with van der Waals surface area (Å²) in [4.78, 5) is 3.68. The quantitative estimate of drug-likeness (QED) is 0.620. The zero-order valence-electron chi connectivity index (χ0n) is 10.2. The van der Waals surface area contributed by atoms with Gasteiger partial charge in [-0.25, -0.2) is 0 Å². The average molecular weight is 295 g/mol. The van der Waals surface area contributed by atoms with Gasteiger partial charge >= 0.3 is 0 Å². The third kappa shape index (κ3) is 2.91. The van der Waals surface area contributed by atoms with Gasteiger partial charge in [0, 0.05) is 7.05 Å². The molecular weight excluding hydrogens is 282 g/mol. The minimum atomic E-state index is 0.680. The number of likely N-dealkylation sites (N-methyl/N-ethyl adjacent to an activating group) is 1. The van der Waals surface area contributed by atoms with Gasteiger partial charge in [-0.1, -0.05) is 48.3 Å². The molecule has 94 valence electrons. The van der Waals surface area contributed by atoms with Gasteiger partial charge in [0.25, 0.3) is 0 Å². The van der Waals surface area contributed by atoms with E-state index in [-0.39, 0.29) is 0 Å². The van der Waals surface area contributed by atoms with Crippen molar-refractivity contribution < 1.29 is 4.74 Å². The lowest BCUT2D eigenvalue weighted by molar-refractivity contribution is 0.340. The van der Waals surface area contributed by atoms with Crippen LogP contribution in [0.2, 0.25) is 0 Å². The summed E-state index contributed by atoms with van der Waals surface area (Å²) >= 11 is 12.1. The molecule has 0 aliphatic carbocycles. The minimum Gasteiger partial charge on any atom is -0.494 e. The molecule has 0 N–H and O–H groups in total. The molecule has 1 fully saturated rings. The van der Waals surface area contributed by atoms with Crippen molar-refractivity contribution in [2.45, 2.75) is 6.92 Å². The van der Waals surface area contributed by atoms with Crippen molar-refractivity contribution in [2.24, 2.45) is 0 Å². The van der Waals surface area contributed by atoms with E-state index in [1.165, 1.54) is 11.8 Å². The standard InChI is InChI=1S/C13H13NOS3/c1-3-15-10-6-4-9(5-7-10)8-11-12(16)14(2)13(17)18-11/h4-8H,3H2,1-2H3/b11-8-. The molecule has 18 heavy (non-hydrogen) atoms. The van der Waals surface area contributed by atoms with Crippen molar-refractivity contribution >= 4 is 51.6 Å². The van der Waals surface area contributed by atoms with E-state index in [9.17, 15) is 0 Å². The van der Waals surface area contributed by atoms with Gasteiger partial charge in [-0.3, -0.25) is 0 Å². The van der Waals surface area contributed by atoms with Crippen LogP contribution in [-0.2, 0) is 0 Å². The van der Waals surface area contributed by atoms with Crippen LogP contribution < -0.4 is 4.74 Å². The second kappa shape index (κ2) is 5.82. The molecule has 0 spiro atoms. The molecule has 2 rings (SSSR count). The van der Waals surface area contributed by atoms with Crippen LogP contribution in [-0.4, -0.2) is 27.9 Å². The predicted molar refractivity (Wildman–Crippen MR) is 86.1 cm³/mol. The van der Waals surface area contributed by atoms with Crippen molar-refractivity contribution in [3.8, 4) is 5.75 Å². The van der Waals surface area contributed by atoms with Crippen molar-refractivity contribution in [1.82, 2.24) is 4.90 Å². The Kier molecular flexibility index (Phi) is 4.37. The summed E-state index contributed by atoms with van der Waals surface area (Å²) in [5, 5.41) is 0. The number of thioether (sulfide) groups is 1. The Morgan fingerprint density at radius 3 is 2.44 bits per heavy atom. The molecule has 1 heterocycles. The lowest BCUT2D eigenvalue weighted by Crippen LogP contribution is -2.20. The molecule has 1 aliphatic heterocycles. The molecule has 0 saturated carbocycles. The lowest BCUT2D eigenvalue weighted by Gasteiger charge is -2.07. The van der Waals surface area contributed by atoms with Crippen LogP contribution in [0.15, 0.2) is 29.2 Å². The van der Waals surface area contributed by atoms with E-state index in [1.807, 2.05) is 43.1 Å². The van der Waals surface area contributed by atoms with Crippen LogP contribution in [0.25, 0.3) is 6.08 Å². The fourth-order valence-corrected chi connectivity index (χ4v) is 3.11. The Bertz CT molecular complexity index is 507. The van der Waals surface area contributed by atoms with Crippen LogP contribution >= 0.6 is 36.2 Å². The van der Waals surface area contributed by atoms with E-state index < -0.39 is 0 Å². The highest BCUT2D eigenvalue weighted by Gasteiger charge is 2.24. The van der Waals surface area contributed by atoms with Crippen LogP contribution in [0.1, 0.15) is 12.5 Å². The zero-order valence-corrected chi connectivity index (χ0v) is 12.6. The number of hydrogen-bond donors (Lipinski definition) is 0. The van der Waals surface area contributed by atoms with Gasteiger partial charge in [0.15, 0.2) is 0 Å². The van der Waals surface area contributed by atoms with E-state index in [4.69, 9.17) is 29.2 Å². The van der Waals surface area contributed by atoms with Gasteiger partial charge in [0.1, 0.15) is 15.1 Å². The maximum Gasteiger partial charge on any atom is 0.146 e. The monoisotopic (exact) mass is 295 g/mol. The van der Waals surface area contributed by atoms with Gasteiger partial charge in [0.05, 0.1) is 11.5 Å². The topological polar surface area (TPSA) is 12.5 Å². The normalized spacial score (nSPS) is 17.7. The number of thiocarbonyl (C=S) groups is 2. The van der Waals surface area contributed by atoms with Crippen LogP contribution in [0.5, 0.6) is 5.75 Å². The largest absolute Gasteiger partial charge is 0.494 e. The smallest absolute Gasteiger partial charge is 0.146 e. The van der Waals surface area contributed by atoms with Gasteiger partial charge in [-0.2, -0.15) is 0 Å². The molecule has 0 aromatic heterocycles. The highest BCUT2D eigenvalue weighted by Crippen LogP contribution is 2.32. The molecule has 0 atom stereocenters. The molecule has 1 aromatic carbocycles. The van der Waals surface area contributed by atoms with Gasteiger partial charge in [-0.15, -0.1) is 0 Å². The molecule has 0 amide bonds. The Morgan fingerprint density at radius 1 is 1.28 bits per heavy atom. The van der Waals surface area contributed by atoms with Crippen molar-refractivity contribution in [3.63, 3.8) is 0 Å². The Morgan fingerprint density at radius 2 is 1.94 bits per heavy atom. The zero-order chi connectivity index (χ0) is 13.1. The Balaban J connectivity index is 2.18. The molecule has 1 aliphatic rings. The Labute approximate surface area is 122 Å². The molecular formula is C13H13NOS3. The third-order valence-corrected chi connectivity index (χ3v) is 4.60. The van der Waals surface area contributed by atoms with Crippen LogP contribution in [0.3, 0.4) is 0 Å². The first-order valence-corrected chi connectivity index (χ1v) is 7.19. The number of ether oxygens (including phenoxy) is 1. The van der Waals surface area contributed by atoms with Crippen molar-refractivity contribution in [2.75, 3.05) is 13.7 Å². The summed E-state index contributed by atoms with van der Waals surface area (Å²) in [7, 11) is 1.90. The summed E-state index contributed by atoms with van der Waals surface area (Å²) in [5.41, 5.74) is 1.10. The molecule has 0 radical (unpaired) electrons. The first-order chi connectivity index (χ1) is 8.61. The summed E-state index contributed by atoms with van der Waals surface area (Å²) in [6.45, 7) is 2.65. The van der Waals surface area contributed by atoms with Gasteiger partial charge < -0.3 is 9.64 Å². The molecule has 1 aromatic rings. The summed E-state index contributed by atoms with van der Waals surface area (Å²) < 4.78 is 6.21. The SMILES string of the molecule is CCOc1ccc(/C=C2\SC(=S)N(C)C2=S)cc1. The molecule has 0 unspecified atom stereocenters. The first-order valence-electron chi connectivity index (χ1n) is 5.56. The van der Waals surface area contributed by atoms with Gasteiger partial charge in [0.2, 0.25) is 0 Å². The van der Waals surface area contributed by atoms with Crippen molar-refractivity contribution in [1.29, 1.82) is 0 Å². The lowest BCUT2D eigenvalue weighted by atomic mass is 10.2. The molecule has 2 nitrogen and oxygen atoms in total. The highest BCUT2D eigenvalue weighted by molar-refractivity contribution is 8.27. The highest BCUT2D eigenvalue weighted by atomic mass is 32.2. The van der Waals surface area contributed by atoms with Crippen molar-refractivity contribution in [3.05, 3.63) is 34.7 Å². The number of rotatable bonds is 3. The number of nitrogens with zero attached hydrogens (tertiary/aromatic N) is 1. The van der Waals surface area contributed by atoms with Crippen LogP contribution in [0.4, 0.5) is 0 Å². The maximum absolute atomic E-state index is 5.41. The second-order valence-electron chi connectivity index (χ2n) is 3.74. The van der Waals surface area contributed by atoms with E-state index in [1.54, 1.807) is 0 Å². The summed E-state index contributed by atoms with van der Waals surface area (Å²) in [5.74, 6) is 0.883. The fourth-order valence-electron chi connectivity index (χ4n) is 1.52. The predicted octanol–water partition coefficient (Wildman–Crippen LogP) is 3.72. The average Bonchev–Trinajstić information content (AvgIpc) is 2.60. The number of benzene rings is 1. The summed E-state index contributed by atoms with van der Waals surface area (Å²) in [6, 6.07) is 7.95. The summed E-state index contributed by atoms with van der Waals surface area (Å²) in [6.07, 6.45) is 2.05. The van der Waals surface area contributed by atoms with E-state index in [2.05, 4.69) is 6.08 Å². The van der Waals surface area contributed by atoms with Gasteiger partial charge in [-0.05, 0) is 30.7 Å². The maximum atomic E-state index is 5.41. The van der Waals surface area contributed by atoms with E-state index in [0.29, 0.717) is 6.61 Å². The fraction of sp³-hybridized carbons (Fsp3) is 0.231. The Hall–Kier alpha value is -0.910. The number of hydrogen-bond acceptors (Lipinski definition) is 4. The third-order valence-electron chi connectivity index (χ3n) is 2.48. The molecule has 5 heteroatoms. The van der Waals surface area contributed by atoms with Crippen LogP contribution in [0, 0.1) is 0 Å². The molecule has 0 bridgehead atoms. The van der Waals surface area contributed by atoms with E-state index >= 15 is 0 Å². The second-order valence-corrected chi connectivity index (χ2v) is 5.81. The first kappa shape index (κ1) is 13.5.